The normalized spacial score (nSPS) is 16.7. The molecule has 0 unspecified atom stereocenters. The van der Waals surface area contributed by atoms with E-state index in [9.17, 15) is 28.8 Å². The predicted molar refractivity (Wildman–Crippen MR) is 307 cm³/mol. The van der Waals surface area contributed by atoms with Crippen molar-refractivity contribution < 1.29 is 66.7 Å². The van der Waals surface area contributed by atoms with E-state index in [1.165, 1.54) is 11.3 Å². The Morgan fingerprint density at radius 1 is 0.420 bits per heavy atom. The molecule has 0 saturated heterocycles. The van der Waals surface area contributed by atoms with E-state index >= 15 is 0 Å². The highest BCUT2D eigenvalue weighted by Gasteiger charge is 2.35. The molecule has 6 aromatic rings. The van der Waals surface area contributed by atoms with Crippen molar-refractivity contribution in [1.82, 2.24) is 4.98 Å². The smallest absolute Gasteiger partial charge is 0.330 e. The van der Waals surface area contributed by atoms with Crippen molar-refractivity contribution in [2.45, 2.75) is 103 Å². The summed E-state index contributed by atoms with van der Waals surface area (Å²) in [6, 6.07) is 35.2. The van der Waals surface area contributed by atoms with Crippen LogP contribution in [0.3, 0.4) is 0 Å². The Morgan fingerprint density at radius 2 is 0.790 bits per heavy atom. The van der Waals surface area contributed by atoms with E-state index in [2.05, 4.69) is 13.2 Å². The van der Waals surface area contributed by atoms with Gasteiger partial charge in [-0.1, -0.05) is 67.8 Å². The molecule has 8 rings (SSSR count). The van der Waals surface area contributed by atoms with Crippen LogP contribution in [0.4, 0.5) is 0 Å². The van der Waals surface area contributed by atoms with Crippen LogP contribution in [0.1, 0.15) is 103 Å². The second-order valence-corrected chi connectivity index (χ2v) is 21.2. The van der Waals surface area contributed by atoms with Gasteiger partial charge in [0.1, 0.15) is 38.2 Å². The summed E-state index contributed by atoms with van der Waals surface area (Å²) in [5.41, 5.74) is 3.34. The number of rotatable bonds is 28. The molecule has 0 radical (unpaired) electrons. The van der Waals surface area contributed by atoms with E-state index in [-0.39, 0.29) is 29.5 Å². The number of hydrogen-bond acceptors (Lipinski definition) is 16. The molecule has 0 amide bonds. The number of carbonyl (C=O) groups is 6. The predicted octanol–water partition coefficient (Wildman–Crippen LogP) is 13.6. The number of aromatic nitrogens is 1. The summed E-state index contributed by atoms with van der Waals surface area (Å²) in [6.45, 7) is 8.59. The standard InChI is InChI=1S/C65H69NO14S/c1-3-57(67)75-42-14-7-5-12-40-73-51-30-34-53(35-31-51)77-62(69)47-22-26-49(27-23-47)64(71)79-55-38-39-56(60-59(55)66-61(81-60)46-20-18-45(19-21-46)44-16-10-9-11-17-44)80-65(72)50-28-24-48(25-29-50)63(70)78-54-36-32-52(33-37-54)74-41-13-6-8-15-43-76-58(68)4-2/h3-4,9-11,16-21,30-39,47-50H,1-2,5-8,12-15,22-29,40-43H2. The van der Waals surface area contributed by atoms with Gasteiger partial charge < -0.3 is 37.9 Å². The number of carbonyl (C=O) groups excluding carboxylic acids is 6. The highest BCUT2D eigenvalue weighted by atomic mass is 32.1. The van der Waals surface area contributed by atoms with E-state index in [4.69, 9.17) is 42.9 Å². The third-order valence-electron chi connectivity index (χ3n) is 14.4. The Bertz CT molecular complexity index is 2900. The topological polar surface area (TPSA) is 189 Å². The molecule has 0 atom stereocenters. The Morgan fingerprint density at radius 3 is 1.23 bits per heavy atom. The lowest BCUT2D eigenvalue weighted by Crippen LogP contribution is -2.30. The number of nitrogens with zero attached hydrogens (tertiary/aromatic N) is 1. The SMILES string of the molecule is C=CC(=O)OCCCCCCOc1ccc(OC(=O)C2CCC(C(=O)Oc3ccc(OC(=O)C4CCC(C(=O)Oc5ccc(OCCCCCCOC(=O)C=C)cc5)CC4)c4sc(-c5ccc(-c6ccccc6)cc5)nc34)CC2)cc1. The average molecular weight is 1120 g/mol. The van der Waals surface area contributed by atoms with Crippen LogP contribution in [0.2, 0.25) is 0 Å². The Balaban J connectivity index is 0.820. The fourth-order valence-corrected chi connectivity index (χ4v) is 10.8. The quantitative estimate of drug-likeness (QED) is 0.0195. The molecule has 1 aromatic heterocycles. The third kappa shape index (κ3) is 17.7. The van der Waals surface area contributed by atoms with Crippen LogP contribution in [0.15, 0.2) is 141 Å². The maximum atomic E-state index is 13.9. The van der Waals surface area contributed by atoms with E-state index in [0.717, 1.165) is 80.2 Å². The van der Waals surface area contributed by atoms with Crippen LogP contribution in [0.25, 0.3) is 31.9 Å². The maximum Gasteiger partial charge on any atom is 0.330 e. The summed E-state index contributed by atoms with van der Waals surface area (Å²) >= 11 is 1.34. The molecule has 0 N–H and O–H groups in total. The third-order valence-corrected chi connectivity index (χ3v) is 15.6. The Hall–Kier alpha value is -8.11. The van der Waals surface area contributed by atoms with Crippen molar-refractivity contribution >= 4 is 57.4 Å². The van der Waals surface area contributed by atoms with Crippen molar-refractivity contribution in [3.05, 3.63) is 141 Å². The summed E-state index contributed by atoms with van der Waals surface area (Å²) in [5, 5.41) is 0.649. The van der Waals surface area contributed by atoms with Gasteiger partial charge in [-0.15, -0.1) is 11.3 Å². The van der Waals surface area contributed by atoms with Gasteiger partial charge in [0, 0.05) is 17.7 Å². The minimum absolute atomic E-state index is 0.242. The second-order valence-electron chi connectivity index (χ2n) is 20.2. The highest BCUT2D eigenvalue weighted by molar-refractivity contribution is 7.22. The minimum atomic E-state index is -0.453. The number of fused-ring (bicyclic) bond motifs is 1. The lowest BCUT2D eigenvalue weighted by molar-refractivity contribution is -0.145. The maximum absolute atomic E-state index is 13.9. The first-order valence-corrected chi connectivity index (χ1v) is 28.9. The molecular weight excluding hydrogens is 1050 g/mol. The van der Waals surface area contributed by atoms with Gasteiger partial charge in [0.2, 0.25) is 0 Å². The first-order chi connectivity index (χ1) is 39.5. The van der Waals surface area contributed by atoms with Gasteiger partial charge in [-0.2, -0.15) is 0 Å². The molecule has 0 aliphatic heterocycles. The molecule has 15 nitrogen and oxygen atoms in total. The number of esters is 6. The number of benzene rings is 5. The molecule has 1 heterocycles. The summed E-state index contributed by atoms with van der Waals surface area (Å²) < 4.78 is 46.0. The Labute approximate surface area is 476 Å². The first kappa shape index (κ1) is 59.0. The van der Waals surface area contributed by atoms with Crippen molar-refractivity contribution in [2.75, 3.05) is 26.4 Å². The summed E-state index contributed by atoms with van der Waals surface area (Å²) in [5.74, 6) is -1.32. The lowest BCUT2D eigenvalue weighted by atomic mass is 9.82. The largest absolute Gasteiger partial charge is 0.494 e. The Kier molecular flexibility index (Phi) is 22.2. The van der Waals surface area contributed by atoms with Gasteiger partial charge in [0.15, 0.2) is 11.5 Å². The van der Waals surface area contributed by atoms with Crippen molar-refractivity contribution in [3.63, 3.8) is 0 Å². The first-order valence-electron chi connectivity index (χ1n) is 28.0. The van der Waals surface area contributed by atoms with Gasteiger partial charge >= 0.3 is 35.8 Å². The molecule has 81 heavy (non-hydrogen) atoms. The summed E-state index contributed by atoms with van der Waals surface area (Å²) in [7, 11) is 0. The molecule has 2 fully saturated rings. The molecule has 2 aliphatic carbocycles. The zero-order valence-electron chi connectivity index (χ0n) is 45.6. The van der Waals surface area contributed by atoms with Gasteiger partial charge in [0.05, 0.1) is 50.1 Å². The van der Waals surface area contributed by atoms with Crippen LogP contribution in [-0.4, -0.2) is 67.2 Å². The number of thiazole rings is 1. The fraction of sp³-hybridized carbons (Fsp3) is 0.369. The van der Waals surface area contributed by atoms with Crippen molar-refractivity contribution in [3.8, 4) is 56.2 Å². The summed E-state index contributed by atoms with van der Waals surface area (Å²) in [4.78, 5) is 81.6. The highest BCUT2D eigenvalue weighted by Crippen LogP contribution is 2.43. The monoisotopic (exact) mass is 1120 g/mol. The zero-order valence-corrected chi connectivity index (χ0v) is 46.4. The molecular formula is C65H69NO14S. The molecule has 2 saturated carbocycles. The van der Waals surface area contributed by atoms with Gasteiger partial charge in [-0.05, 0) is 175 Å². The van der Waals surface area contributed by atoms with E-state index in [0.29, 0.717) is 122 Å². The second kappa shape index (κ2) is 30.5. The average Bonchev–Trinajstić information content (AvgIpc) is 4.23. The molecule has 16 heteroatoms. The molecule has 2 aliphatic rings. The van der Waals surface area contributed by atoms with E-state index in [1.807, 2.05) is 54.6 Å². The molecule has 5 aromatic carbocycles. The van der Waals surface area contributed by atoms with Crippen LogP contribution >= 0.6 is 11.3 Å². The van der Waals surface area contributed by atoms with Crippen molar-refractivity contribution in [2.24, 2.45) is 23.7 Å². The molecule has 424 valence electrons. The number of hydrogen-bond donors (Lipinski definition) is 0. The fourth-order valence-electron chi connectivity index (χ4n) is 9.76. The van der Waals surface area contributed by atoms with Crippen LogP contribution in [-0.2, 0) is 38.2 Å². The van der Waals surface area contributed by atoms with Crippen molar-refractivity contribution in [1.29, 1.82) is 0 Å². The van der Waals surface area contributed by atoms with Crippen LogP contribution in [0.5, 0.6) is 34.5 Å². The van der Waals surface area contributed by atoms with Gasteiger partial charge in [-0.3, -0.25) is 19.2 Å². The molecule has 0 bridgehead atoms. The lowest BCUT2D eigenvalue weighted by Gasteiger charge is -2.26. The van der Waals surface area contributed by atoms with E-state index in [1.54, 1.807) is 60.7 Å². The minimum Gasteiger partial charge on any atom is -0.494 e. The number of ether oxygens (including phenoxy) is 8. The van der Waals surface area contributed by atoms with Crippen LogP contribution in [0, 0.1) is 23.7 Å². The zero-order chi connectivity index (χ0) is 56.8. The van der Waals surface area contributed by atoms with E-state index < -0.39 is 35.7 Å². The number of unbranched alkanes of at least 4 members (excludes halogenated alkanes) is 6. The summed E-state index contributed by atoms with van der Waals surface area (Å²) in [6.07, 6.45) is 12.8. The van der Waals surface area contributed by atoms with Gasteiger partial charge in [-0.25, -0.2) is 14.6 Å². The molecule has 0 spiro atoms. The van der Waals surface area contributed by atoms with Gasteiger partial charge in [0.25, 0.3) is 0 Å². The van der Waals surface area contributed by atoms with Crippen LogP contribution < -0.4 is 28.4 Å².